The number of aryl methyl sites for hydroxylation is 1. The molecule has 18 heavy (non-hydrogen) atoms. The molecule has 0 unspecified atom stereocenters. The molecule has 0 bridgehead atoms. The molecule has 3 nitrogen and oxygen atoms in total. The van der Waals surface area contributed by atoms with Crippen LogP contribution >= 0.6 is 22.7 Å². The third-order valence-corrected chi connectivity index (χ3v) is 4.43. The van der Waals surface area contributed by atoms with Crippen molar-refractivity contribution >= 4 is 44.2 Å². The molecule has 0 saturated carbocycles. The van der Waals surface area contributed by atoms with E-state index in [1.54, 1.807) is 22.7 Å². The maximum atomic E-state index is 4.49. The van der Waals surface area contributed by atoms with Crippen molar-refractivity contribution in [3.05, 3.63) is 46.2 Å². The average molecular weight is 273 g/mol. The summed E-state index contributed by atoms with van der Waals surface area (Å²) < 4.78 is 1.21. The van der Waals surface area contributed by atoms with Gasteiger partial charge in [-0.2, -0.15) is 5.10 Å². The Hall–Kier alpha value is -1.72. The summed E-state index contributed by atoms with van der Waals surface area (Å²) in [6.45, 7) is 2.10. The number of hydrogen-bond acceptors (Lipinski definition) is 5. The van der Waals surface area contributed by atoms with Gasteiger partial charge in [-0.1, -0.05) is 29.5 Å². The molecule has 2 aromatic heterocycles. The van der Waals surface area contributed by atoms with Crippen molar-refractivity contribution in [2.24, 2.45) is 5.10 Å². The Morgan fingerprint density at radius 2 is 2.22 bits per heavy atom. The van der Waals surface area contributed by atoms with Crippen LogP contribution < -0.4 is 5.43 Å². The summed E-state index contributed by atoms with van der Waals surface area (Å²) in [5, 5.41) is 7.05. The number of nitrogens with one attached hydrogen (secondary N) is 1. The number of thiophene rings is 1. The second kappa shape index (κ2) is 4.88. The molecule has 0 atom stereocenters. The van der Waals surface area contributed by atoms with E-state index in [4.69, 9.17) is 0 Å². The highest BCUT2D eigenvalue weighted by Gasteiger charge is 2.04. The van der Waals surface area contributed by atoms with Gasteiger partial charge in [0, 0.05) is 4.88 Å². The molecule has 3 rings (SSSR count). The quantitative estimate of drug-likeness (QED) is 0.576. The summed E-state index contributed by atoms with van der Waals surface area (Å²) in [4.78, 5) is 5.61. The molecule has 5 heteroatoms. The predicted molar refractivity (Wildman–Crippen MR) is 79.9 cm³/mol. The van der Waals surface area contributed by atoms with Crippen LogP contribution in [0.2, 0.25) is 0 Å². The molecule has 0 aliphatic carbocycles. The zero-order valence-corrected chi connectivity index (χ0v) is 11.4. The average Bonchev–Trinajstić information content (AvgIpc) is 2.98. The molecule has 2 heterocycles. The fourth-order valence-electron chi connectivity index (χ4n) is 1.65. The first-order valence-electron chi connectivity index (χ1n) is 5.52. The number of benzene rings is 1. The number of thiazole rings is 1. The number of fused-ring (bicyclic) bond motifs is 1. The molecule has 0 aliphatic heterocycles. The van der Waals surface area contributed by atoms with Crippen LogP contribution in [0, 0.1) is 6.92 Å². The topological polar surface area (TPSA) is 37.3 Å². The second-order valence-corrected chi connectivity index (χ2v) is 5.81. The van der Waals surface area contributed by atoms with Crippen LogP contribution in [-0.4, -0.2) is 11.2 Å². The Morgan fingerprint density at radius 3 is 3.00 bits per heavy atom. The Bertz CT molecular complexity index is 683. The lowest BCUT2D eigenvalue weighted by molar-refractivity contribution is 1.31. The highest BCUT2D eigenvalue weighted by Crippen LogP contribution is 2.28. The van der Waals surface area contributed by atoms with Crippen LogP contribution in [0.15, 0.2) is 40.8 Å². The van der Waals surface area contributed by atoms with Crippen LogP contribution in [0.4, 0.5) is 5.13 Å². The minimum atomic E-state index is 0.826. The smallest absolute Gasteiger partial charge is 0.204 e. The van der Waals surface area contributed by atoms with Gasteiger partial charge in [-0.05, 0) is 30.0 Å². The Kier molecular flexibility index (Phi) is 3.08. The van der Waals surface area contributed by atoms with E-state index in [0.29, 0.717) is 0 Å². The van der Waals surface area contributed by atoms with Gasteiger partial charge >= 0.3 is 0 Å². The molecule has 0 fully saturated rings. The van der Waals surface area contributed by atoms with Gasteiger partial charge in [0.05, 0.1) is 16.4 Å². The summed E-state index contributed by atoms with van der Waals surface area (Å²) in [6.07, 6.45) is 1.81. The van der Waals surface area contributed by atoms with Crippen molar-refractivity contribution < 1.29 is 0 Å². The van der Waals surface area contributed by atoms with Crippen molar-refractivity contribution in [3.63, 3.8) is 0 Å². The first-order valence-corrected chi connectivity index (χ1v) is 7.21. The van der Waals surface area contributed by atoms with E-state index < -0.39 is 0 Å². The van der Waals surface area contributed by atoms with E-state index in [2.05, 4.69) is 28.5 Å². The highest BCUT2D eigenvalue weighted by atomic mass is 32.1. The lowest BCUT2D eigenvalue weighted by Crippen LogP contribution is -1.87. The molecule has 3 aromatic rings. The van der Waals surface area contributed by atoms with Crippen molar-refractivity contribution in [2.45, 2.75) is 6.92 Å². The van der Waals surface area contributed by atoms with Gasteiger partial charge < -0.3 is 0 Å². The molecule has 1 N–H and O–H groups in total. The van der Waals surface area contributed by atoms with Crippen LogP contribution in [0.25, 0.3) is 10.2 Å². The number of hydrogen-bond donors (Lipinski definition) is 1. The van der Waals surface area contributed by atoms with Gasteiger partial charge in [0.1, 0.15) is 0 Å². The highest BCUT2D eigenvalue weighted by molar-refractivity contribution is 7.22. The normalized spacial score (nSPS) is 11.4. The number of hydrazone groups is 1. The van der Waals surface area contributed by atoms with Gasteiger partial charge in [0.2, 0.25) is 5.13 Å². The molecule has 1 aromatic carbocycles. The lowest BCUT2D eigenvalue weighted by atomic mass is 10.2. The van der Waals surface area contributed by atoms with E-state index in [1.165, 1.54) is 10.3 Å². The standard InChI is InChI=1S/C13H11N3S2/c1-9-4-2-6-11-12(9)18-13(15-11)16-14-8-10-5-3-7-17-10/h2-8H,1H3,(H,15,16)/b14-8+. The van der Waals surface area contributed by atoms with E-state index in [0.717, 1.165) is 15.5 Å². The van der Waals surface area contributed by atoms with E-state index in [1.807, 2.05) is 35.9 Å². The summed E-state index contributed by atoms with van der Waals surface area (Å²) >= 11 is 3.29. The molecular weight excluding hydrogens is 262 g/mol. The number of nitrogens with zero attached hydrogens (tertiary/aromatic N) is 2. The van der Waals surface area contributed by atoms with Gasteiger partial charge in [-0.25, -0.2) is 4.98 Å². The van der Waals surface area contributed by atoms with Crippen LogP contribution in [-0.2, 0) is 0 Å². The molecule has 0 amide bonds. The van der Waals surface area contributed by atoms with Crippen molar-refractivity contribution in [2.75, 3.05) is 5.43 Å². The number of aromatic nitrogens is 1. The van der Waals surface area contributed by atoms with Crippen LogP contribution in [0.5, 0.6) is 0 Å². The van der Waals surface area contributed by atoms with Gasteiger partial charge in [-0.15, -0.1) is 11.3 Å². The number of anilines is 1. The zero-order valence-electron chi connectivity index (χ0n) is 9.75. The Labute approximate surface area is 113 Å². The van der Waals surface area contributed by atoms with E-state index in [-0.39, 0.29) is 0 Å². The minimum absolute atomic E-state index is 0.826. The molecular formula is C13H11N3S2. The SMILES string of the molecule is Cc1cccc2nc(N/N=C/c3cccs3)sc12. The Morgan fingerprint density at radius 1 is 1.28 bits per heavy atom. The fraction of sp³-hybridized carbons (Fsp3) is 0.0769. The summed E-state index contributed by atoms with van der Waals surface area (Å²) in [5.41, 5.74) is 5.26. The van der Waals surface area contributed by atoms with E-state index >= 15 is 0 Å². The third kappa shape index (κ3) is 2.27. The molecule has 0 saturated heterocycles. The Balaban J connectivity index is 1.81. The van der Waals surface area contributed by atoms with Crippen LogP contribution in [0.3, 0.4) is 0 Å². The summed E-state index contributed by atoms with van der Waals surface area (Å²) in [5.74, 6) is 0. The van der Waals surface area contributed by atoms with Gasteiger partial charge in [-0.3, -0.25) is 5.43 Å². The molecule has 0 radical (unpaired) electrons. The van der Waals surface area contributed by atoms with Crippen LogP contribution in [0.1, 0.15) is 10.4 Å². The summed E-state index contributed by atoms with van der Waals surface area (Å²) in [7, 11) is 0. The largest absolute Gasteiger partial charge is 0.253 e. The second-order valence-electron chi connectivity index (χ2n) is 3.83. The predicted octanol–water partition coefficient (Wildman–Crippen LogP) is 4.11. The maximum absolute atomic E-state index is 4.49. The van der Waals surface area contributed by atoms with Gasteiger partial charge in [0.25, 0.3) is 0 Å². The first kappa shape index (κ1) is 11.4. The molecule has 0 aliphatic rings. The monoisotopic (exact) mass is 273 g/mol. The fourth-order valence-corrected chi connectivity index (χ4v) is 3.12. The first-order chi connectivity index (χ1) is 8.83. The van der Waals surface area contributed by atoms with E-state index in [9.17, 15) is 0 Å². The van der Waals surface area contributed by atoms with Gasteiger partial charge in [0.15, 0.2) is 0 Å². The minimum Gasteiger partial charge on any atom is -0.253 e. The summed E-state index contributed by atoms with van der Waals surface area (Å²) in [6, 6.07) is 10.2. The molecule has 90 valence electrons. The number of rotatable bonds is 3. The third-order valence-electron chi connectivity index (χ3n) is 2.51. The molecule has 0 spiro atoms. The lowest BCUT2D eigenvalue weighted by Gasteiger charge is -1.90. The van der Waals surface area contributed by atoms with Crippen molar-refractivity contribution in [1.29, 1.82) is 0 Å². The van der Waals surface area contributed by atoms with Crippen molar-refractivity contribution in [3.8, 4) is 0 Å². The maximum Gasteiger partial charge on any atom is 0.204 e. The zero-order chi connectivity index (χ0) is 12.4. The van der Waals surface area contributed by atoms with Crippen molar-refractivity contribution in [1.82, 2.24) is 4.98 Å².